The normalized spacial score (nSPS) is 16.0. The molecule has 1 aliphatic heterocycles. The highest BCUT2D eigenvalue weighted by atomic mass is 35.5. The van der Waals surface area contributed by atoms with Crippen LogP contribution in [-0.2, 0) is 6.54 Å². The summed E-state index contributed by atoms with van der Waals surface area (Å²) < 4.78 is 11.2. The van der Waals surface area contributed by atoms with E-state index < -0.39 is 0 Å². The van der Waals surface area contributed by atoms with Gasteiger partial charge in [0.25, 0.3) is 5.91 Å². The molecule has 0 radical (unpaired) electrons. The third-order valence-electron chi connectivity index (χ3n) is 4.60. The van der Waals surface area contributed by atoms with Crippen molar-refractivity contribution in [3.05, 3.63) is 59.2 Å². The Hall–Kier alpha value is -2.24. The maximum atomic E-state index is 13.2. The van der Waals surface area contributed by atoms with Crippen molar-refractivity contribution in [3.63, 3.8) is 0 Å². The molecule has 0 fully saturated rings. The van der Waals surface area contributed by atoms with Crippen molar-refractivity contribution in [3.8, 4) is 11.5 Å². The van der Waals surface area contributed by atoms with Gasteiger partial charge in [-0.15, -0.1) is 12.4 Å². The van der Waals surface area contributed by atoms with Crippen molar-refractivity contribution in [1.82, 2.24) is 9.80 Å². The Morgan fingerprint density at radius 3 is 2.56 bits per heavy atom. The molecule has 1 heterocycles. The van der Waals surface area contributed by atoms with Crippen LogP contribution in [0.5, 0.6) is 11.5 Å². The minimum absolute atomic E-state index is 0. The summed E-state index contributed by atoms with van der Waals surface area (Å²) in [4.78, 5) is 17.3. The quantitative estimate of drug-likeness (QED) is 0.802. The van der Waals surface area contributed by atoms with Gasteiger partial charge in [-0.05, 0) is 51.4 Å². The largest absolute Gasteiger partial charge is 0.497 e. The molecule has 3 rings (SSSR count). The van der Waals surface area contributed by atoms with E-state index in [1.165, 1.54) is 0 Å². The first-order chi connectivity index (χ1) is 12.5. The van der Waals surface area contributed by atoms with E-state index in [-0.39, 0.29) is 24.4 Å². The van der Waals surface area contributed by atoms with E-state index in [4.69, 9.17) is 9.47 Å². The van der Waals surface area contributed by atoms with Crippen LogP contribution in [-0.4, -0.2) is 56.1 Å². The Morgan fingerprint density at radius 1 is 1.22 bits per heavy atom. The second kappa shape index (κ2) is 9.11. The molecule has 0 bridgehead atoms. The number of nitrogens with zero attached hydrogens (tertiary/aromatic N) is 2. The third kappa shape index (κ3) is 4.93. The number of rotatable bonds is 4. The number of fused-ring (bicyclic) bond motifs is 1. The smallest absolute Gasteiger partial charge is 0.254 e. The number of carbonyl (C=O) groups is 1. The second-order valence-electron chi connectivity index (χ2n) is 7.00. The molecule has 146 valence electrons. The van der Waals surface area contributed by atoms with Gasteiger partial charge < -0.3 is 19.3 Å². The molecule has 0 N–H and O–H groups in total. The first kappa shape index (κ1) is 21.1. The molecule has 0 aliphatic carbocycles. The van der Waals surface area contributed by atoms with Gasteiger partial charge in [-0.2, -0.15) is 0 Å². The minimum atomic E-state index is -0.0210. The predicted octanol–water partition coefficient (Wildman–Crippen LogP) is 3.39. The van der Waals surface area contributed by atoms with Gasteiger partial charge in [-0.1, -0.05) is 17.7 Å². The van der Waals surface area contributed by atoms with Crippen LogP contribution in [0.1, 0.15) is 21.5 Å². The van der Waals surface area contributed by atoms with Gasteiger partial charge in [0, 0.05) is 17.7 Å². The first-order valence-electron chi connectivity index (χ1n) is 8.80. The Balaban J connectivity index is 0.00000261. The average Bonchev–Trinajstić information content (AvgIpc) is 2.80. The first-order valence-corrected chi connectivity index (χ1v) is 8.80. The van der Waals surface area contributed by atoms with Crippen molar-refractivity contribution in [2.75, 3.05) is 34.4 Å². The standard InChI is InChI=1S/C21H26N2O3.ClH/c1-15-5-10-20-17(11-15)12-23(18(14-26-20)13-22(2)3)21(24)16-6-8-19(25-4)9-7-16;/h5-11,18H,12-14H2,1-4H3;1H. The van der Waals surface area contributed by atoms with Crippen LogP contribution in [0.15, 0.2) is 42.5 Å². The number of methoxy groups -OCH3 is 1. The average molecular weight is 391 g/mol. The van der Waals surface area contributed by atoms with E-state index in [1.807, 2.05) is 55.4 Å². The molecule has 0 spiro atoms. The highest BCUT2D eigenvalue weighted by Gasteiger charge is 2.29. The predicted molar refractivity (Wildman–Crippen MR) is 109 cm³/mol. The molecule has 2 aromatic rings. The van der Waals surface area contributed by atoms with Crippen molar-refractivity contribution in [2.45, 2.75) is 19.5 Å². The van der Waals surface area contributed by atoms with Crippen LogP contribution in [0.2, 0.25) is 0 Å². The fourth-order valence-corrected chi connectivity index (χ4v) is 3.27. The van der Waals surface area contributed by atoms with Gasteiger partial charge in [0.15, 0.2) is 0 Å². The molecule has 1 unspecified atom stereocenters. The van der Waals surface area contributed by atoms with Gasteiger partial charge in [0.05, 0.1) is 19.7 Å². The molecule has 1 aliphatic rings. The van der Waals surface area contributed by atoms with Gasteiger partial charge >= 0.3 is 0 Å². The van der Waals surface area contributed by atoms with Gasteiger partial charge in [0.1, 0.15) is 18.1 Å². The highest BCUT2D eigenvalue weighted by Crippen LogP contribution is 2.27. The molecule has 1 amide bonds. The maximum absolute atomic E-state index is 13.2. The zero-order valence-electron chi connectivity index (χ0n) is 16.3. The second-order valence-corrected chi connectivity index (χ2v) is 7.00. The molecule has 0 saturated heterocycles. The molecule has 2 aromatic carbocycles. The fraction of sp³-hybridized carbons (Fsp3) is 0.381. The lowest BCUT2D eigenvalue weighted by atomic mass is 10.1. The number of benzene rings is 2. The molecule has 6 heteroatoms. The van der Waals surface area contributed by atoms with Crippen LogP contribution in [0.4, 0.5) is 0 Å². The summed E-state index contributed by atoms with van der Waals surface area (Å²) in [6.07, 6.45) is 0. The summed E-state index contributed by atoms with van der Waals surface area (Å²) in [7, 11) is 5.64. The molecule has 1 atom stereocenters. The highest BCUT2D eigenvalue weighted by molar-refractivity contribution is 5.94. The van der Waals surface area contributed by atoms with Crippen LogP contribution < -0.4 is 9.47 Å². The van der Waals surface area contributed by atoms with Crippen LogP contribution in [0.3, 0.4) is 0 Å². The lowest BCUT2D eigenvalue weighted by Gasteiger charge is -2.31. The SMILES string of the molecule is COc1ccc(C(=O)N2Cc3cc(C)ccc3OCC2CN(C)C)cc1.Cl. The zero-order chi connectivity index (χ0) is 18.7. The molecular formula is C21H27ClN2O3. The van der Waals surface area contributed by atoms with E-state index in [9.17, 15) is 4.79 Å². The van der Waals surface area contributed by atoms with E-state index in [2.05, 4.69) is 17.9 Å². The molecule has 5 nitrogen and oxygen atoms in total. The molecule has 0 saturated carbocycles. The summed E-state index contributed by atoms with van der Waals surface area (Å²) in [6.45, 7) is 3.82. The Kier molecular flexibility index (Phi) is 7.11. The number of ether oxygens (including phenoxy) is 2. The monoisotopic (exact) mass is 390 g/mol. The number of carbonyl (C=O) groups excluding carboxylic acids is 1. The molecule has 0 aromatic heterocycles. The Bertz CT molecular complexity index is 777. The number of likely N-dealkylation sites (N-methyl/N-ethyl adjacent to an activating group) is 1. The lowest BCUT2D eigenvalue weighted by molar-refractivity contribution is 0.0583. The number of amides is 1. The maximum Gasteiger partial charge on any atom is 0.254 e. The van der Waals surface area contributed by atoms with E-state index in [1.54, 1.807) is 7.11 Å². The van der Waals surface area contributed by atoms with Crippen molar-refractivity contribution < 1.29 is 14.3 Å². The Morgan fingerprint density at radius 2 is 1.93 bits per heavy atom. The van der Waals surface area contributed by atoms with E-state index in [0.29, 0.717) is 18.7 Å². The van der Waals surface area contributed by atoms with E-state index >= 15 is 0 Å². The Labute approximate surface area is 167 Å². The molecular weight excluding hydrogens is 364 g/mol. The summed E-state index contributed by atoms with van der Waals surface area (Å²) in [5, 5.41) is 0. The zero-order valence-corrected chi connectivity index (χ0v) is 17.1. The van der Waals surface area contributed by atoms with Crippen LogP contribution in [0.25, 0.3) is 0 Å². The fourth-order valence-electron chi connectivity index (χ4n) is 3.27. The minimum Gasteiger partial charge on any atom is -0.497 e. The number of halogens is 1. The number of aryl methyl sites for hydroxylation is 1. The summed E-state index contributed by atoms with van der Waals surface area (Å²) >= 11 is 0. The van der Waals surface area contributed by atoms with Crippen LogP contribution >= 0.6 is 12.4 Å². The van der Waals surface area contributed by atoms with Crippen molar-refractivity contribution in [2.24, 2.45) is 0 Å². The van der Waals surface area contributed by atoms with Crippen LogP contribution in [0, 0.1) is 6.92 Å². The van der Waals surface area contributed by atoms with Gasteiger partial charge in [-0.3, -0.25) is 4.79 Å². The molecule has 27 heavy (non-hydrogen) atoms. The number of hydrogen-bond acceptors (Lipinski definition) is 4. The third-order valence-corrected chi connectivity index (χ3v) is 4.60. The number of hydrogen-bond donors (Lipinski definition) is 0. The van der Waals surface area contributed by atoms with E-state index in [0.717, 1.165) is 29.2 Å². The lowest BCUT2D eigenvalue weighted by Crippen LogP contribution is -2.47. The summed E-state index contributed by atoms with van der Waals surface area (Å²) in [6, 6.07) is 13.4. The summed E-state index contributed by atoms with van der Waals surface area (Å²) in [5.41, 5.74) is 2.87. The topological polar surface area (TPSA) is 42.0 Å². The van der Waals surface area contributed by atoms with Gasteiger partial charge in [0.2, 0.25) is 0 Å². The van der Waals surface area contributed by atoms with Gasteiger partial charge in [-0.25, -0.2) is 0 Å². The van der Waals surface area contributed by atoms with Crippen molar-refractivity contribution >= 4 is 18.3 Å². The summed E-state index contributed by atoms with van der Waals surface area (Å²) in [5.74, 6) is 1.62. The van der Waals surface area contributed by atoms with Crippen molar-refractivity contribution in [1.29, 1.82) is 0 Å².